The van der Waals surface area contributed by atoms with Gasteiger partial charge in [0, 0.05) is 11.8 Å². The smallest absolute Gasteiger partial charge is 0.307 e. The molecule has 0 saturated heterocycles. The quantitative estimate of drug-likeness (QED) is 0.761. The zero-order valence-electron chi connectivity index (χ0n) is 14.8. The Kier molecular flexibility index (Phi) is 5.70. The lowest BCUT2D eigenvalue weighted by molar-refractivity contribution is -0.146. The van der Waals surface area contributed by atoms with Gasteiger partial charge < -0.3 is 15.2 Å². The van der Waals surface area contributed by atoms with Crippen molar-refractivity contribution in [3.63, 3.8) is 0 Å². The van der Waals surface area contributed by atoms with Crippen LogP contribution in [0.3, 0.4) is 0 Å². The van der Waals surface area contributed by atoms with Crippen molar-refractivity contribution in [3.05, 3.63) is 66.0 Å². The fourth-order valence-electron chi connectivity index (χ4n) is 3.04. The molecule has 3 rings (SSSR count). The van der Waals surface area contributed by atoms with Gasteiger partial charge in [0.25, 0.3) is 0 Å². The van der Waals surface area contributed by atoms with Crippen LogP contribution in [0.1, 0.15) is 18.4 Å². The molecule has 1 aliphatic rings. The summed E-state index contributed by atoms with van der Waals surface area (Å²) in [6.07, 6.45) is 4.12. The highest BCUT2D eigenvalue weighted by molar-refractivity contribution is 5.95. The number of nitrogens with one attached hydrogen (secondary N) is 1. The maximum atomic E-state index is 14.4. The second-order valence-electron chi connectivity index (χ2n) is 6.34. The van der Waals surface area contributed by atoms with E-state index in [2.05, 4.69) is 5.32 Å². The standard InChI is InChI=1S/C21H17FN2O4/c22-17-11-14(24-20(25)15-6-2-3-7-16(15)21(26)27)9-10-19(17)28-18-8-4-1-5-13(18)12-23/h1-5,8-11,15-16H,6-7H2,(H,24,25)(H,26,27)/t15-,16-/m1/s1. The van der Waals surface area contributed by atoms with E-state index in [9.17, 15) is 19.1 Å². The van der Waals surface area contributed by atoms with Crippen LogP contribution in [-0.2, 0) is 9.59 Å². The molecular weight excluding hydrogens is 363 g/mol. The number of benzene rings is 2. The first-order valence-electron chi connectivity index (χ1n) is 8.65. The van der Waals surface area contributed by atoms with E-state index in [0.717, 1.165) is 6.07 Å². The topological polar surface area (TPSA) is 99.4 Å². The Hall–Kier alpha value is -3.66. The Balaban J connectivity index is 1.74. The summed E-state index contributed by atoms with van der Waals surface area (Å²) in [4.78, 5) is 23.8. The van der Waals surface area contributed by atoms with Crippen molar-refractivity contribution in [3.8, 4) is 17.6 Å². The van der Waals surface area contributed by atoms with Crippen molar-refractivity contribution in [2.75, 3.05) is 5.32 Å². The molecule has 0 aliphatic heterocycles. The SMILES string of the molecule is N#Cc1ccccc1Oc1ccc(NC(=O)[C@@H]2CC=CC[C@H]2C(=O)O)cc1F. The summed E-state index contributed by atoms with van der Waals surface area (Å²) in [6.45, 7) is 0. The molecule has 0 fully saturated rings. The molecule has 0 heterocycles. The molecule has 0 radical (unpaired) electrons. The summed E-state index contributed by atoms with van der Waals surface area (Å²) >= 11 is 0. The minimum Gasteiger partial charge on any atom is -0.481 e. The average molecular weight is 380 g/mol. The molecule has 2 N–H and O–H groups in total. The Morgan fingerprint density at radius 1 is 1.11 bits per heavy atom. The summed E-state index contributed by atoms with van der Waals surface area (Å²) in [7, 11) is 0. The number of hydrogen-bond acceptors (Lipinski definition) is 4. The number of carboxylic acids is 1. The number of aliphatic carboxylic acids is 1. The van der Waals surface area contributed by atoms with Crippen LogP contribution in [0.4, 0.5) is 10.1 Å². The fourth-order valence-corrected chi connectivity index (χ4v) is 3.04. The number of ether oxygens (including phenoxy) is 1. The van der Waals surface area contributed by atoms with Crippen LogP contribution in [0.15, 0.2) is 54.6 Å². The minimum absolute atomic E-state index is 0.0929. The summed E-state index contributed by atoms with van der Waals surface area (Å²) in [5, 5.41) is 20.9. The molecule has 2 atom stereocenters. The molecule has 7 heteroatoms. The number of amides is 1. The van der Waals surface area contributed by atoms with E-state index in [4.69, 9.17) is 10.00 Å². The fraction of sp³-hybridized carbons (Fsp3) is 0.190. The lowest BCUT2D eigenvalue weighted by Gasteiger charge is -2.24. The third-order valence-corrected chi connectivity index (χ3v) is 4.51. The van der Waals surface area contributed by atoms with Gasteiger partial charge >= 0.3 is 5.97 Å². The summed E-state index contributed by atoms with van der Waals surface area (Å²) < 4.78 is 19.9. The third kappa shape index (κ3) is 4.18. The van der Waals surface area contributed by atoms with Crippen LogP contribution < -0.4 is 10.1 Å². The van der Waals surface area contributed by atoms with E-state index in [1.54, 1.807) is 36.4 Å². The zero-order valence-corrected chi connectivity index (χ0v) is 14.8. The van der Waals surface area contributed by atoms with Crippen LogP contribution in [0, 0.1) is 29.0 Å². The van der Waals surface area contributed by atoms with Gasteiger partial charge in [-0.2, -0.15) is 5.26 Å². The first-order valence-corrected chi connectivity index (χ1v) is 8.65. The summed E-state index contributed by atoms with van der Waals surface area (Å²) in [5.41, 5.74) is 0.464. The summed E-state index contributed by atoms with van der Waals surface area (Å²) in [6, 6.07) is 12.3. The number of carbonyl (C=O) groups excluding carboxylic acids is 1. The van der Waals surface area contributed by atoms with Crippen LogP contribution in [-0.4, -0.2) is 17.0 Å². The zero-order chi connectivity index (χ0) is 20.1. The van der Waals surface area contributed by atoms with Gasteiger partial charge in [-0.3, -0.25) is 9.59 Å². The first-order chi connectivity index (χ1) is 13.5. The molecule has 2 aromatic carbocycles. The van der Waals surface area contributed by atoms with E-state index < -0.39 is 29.5 Å². The normalized spacial score (nSPS) is 18.1. The predicted octanol–water partition coefficient (Wildman–Crippen LogP) is 4.10. The van der Waals surface area contributed by atoms with Crippen molar-refractivity contribution >= 4 is 17.6 Å². The Bertz CT molecular complexity index is 981. The number of halogens is 1. The van der Waals surface area contributed by atoms with Gasteiger partial charge in [-0.15, -0.1) is 0 Å². The van der Waals surface area contributed by atoms with E-state index in [1.165, 1.54) is 12.1 Å². The van der Waals surface area contributed by atoms with E-state index in [-0.39, 0.29) is 29.2 Å². The largest absolute Gasteiger partial charge is 0.481 e. The van der Waals surface area contributed by atoms with Gasteiger partial charge in [-0.05, 0) is 37.1 Å². The van der Waals surface area contributed by atoms with Crippen molar-refractivity contribution in [1.82, 2.24) is 0 Å². The van der Waals surface area contributed by atoms with Gasteiger partial charge in [0.2, 0.25) is 5.91 Å². The van der Waals surface area contributed by atoms with E-state index in [1.807, 2.05) is 6.07 Å². The van der Waals surface area contributed by atoms with Gasteiger partial charge in [0.1, 0.15) is 11.8 Å². The highest BCUT2D eigenvalue weighted by Crippen LogP contribution is 2.30. The Labute approximate surface area is 160 Å². The molecule has 0 spiro atoms. The number of allylic oxidation sites excluding steroid dienone is 2. The maximum Gasteiger partial charge on any atom is 0.307 e. The molecule has 0 bridgehead atoms. The first kappa shape index (κ1) is 19.1. The molecule has 6 nitrogen and oxygen atoms in total. The average Bonchev–Trinajstić information content (AvgIpc) is 2.70. The van der Waals surface area contributed by atoms with E-state index in [0.29, 0.717) is 6.42 Å². The molecule has 0 aromatic heterocycles. The lowest BCUT2D eigenvalue weighted by atomic mass is 9.82. The van der Waals surface area contributed by atoms with Crippen molar-refractivity contribution in [2.45, 2.75) is 12.8 Å². The van der Waals surface area contributed by atoms with Crippen LogP contribution in [0.25, 0.3) is 0 Å². The number of hydrogen-bond donors (Lipinski definition) is 2. The van der Waals surface area contributed by atoms with Gasteiger partial charge in [0.05, 0.1) is 17.4 Å². The molecular formula is C21H17FN2O4. The Morgan fingerprint density at radius 2 is 1.82 bits per heavy atom. The third-order valence-electron chi connectivity index (χ3n) is 4.51. The summed E-state index contributed by atoms with van der Waals surface area (Å²) in [5.74, 6) is -3.62. The number of anilines is 1. The second-order valence-corrected chi connectivity index (χ2v) is 6.34. The van der Waals surface area contributed by atoms with Crippen LogP contribution in [0.5, 0.6) is 11.5 Å². The van der Waals surface area contributed by atoms with Gasteiger partial charge in [-0.25, -0.2) is 4.39 Å². The van der Waals surface area contributed by atoms with Gasteiger partial charge in [0.15, 0.2) is 11.6 Å². The molecule has 2 aromatic rings. The maximum absolute atomic E-state index is 14.4. The number of para-hydroxylation sites is 1. The molecule has 28 heavy (non-hydrogen) atoms. The molecule has 1 amide bonds. The number of nitriles is 1. The predicted molar refractivity (Wildman–Crippen MR) is 99.3 cm³/mol. The Morgan fingerprint density at radius 3 is 2.50 bits per heavy atom. The second kappa shape index (κ2) is 8.35. The molecule has 0 saturated carbocycles. The van der Waals surface area contributed by atoms with Crippen molar-refractivity contribution < 1.29 is 23.8 Å². The number of nitrogens with zero attached hydrogens (tertiary/aromatic N) is 1. The van der Waals surface area contributed by atoms with Crippen LogP contribution >= 0.6 is 0 Å². The lowest BCUT2D eigenvalue weighted by Crippen LogP contribution is -2.34. The monoisotopic (exact) mass is 380 g/mol. The van der Waals surface area contributed by atoms with Crippen molar-refractivity contribution in [2.24, 2.45) is 11.8 Å². The highest BCUT2D eigenvalue weighted by atomic mass is 19.1. The molecule has 0 unspecified atom stereocenters. The number of carboxylic acid groups (broad SMARTS) is 1. The van der Waals surface area contributed by atoms with Gasteiger partial charge in [-0.1, -0.05) is 24.3 Å². The molecule has 1 aliphatic carbocycles. The molecule has 142 valence electrons. The van der Waals surface area contributed by atoms with E-state index >= 15 is 0 Å². The number of rotatable bonds is 5. The minimum atomic E-state index is -1.03. The van der Waals surface area contributed by atoms with Crippen molar-refractivity contribution in [1.29, 1.82) is 5.26 Å². The van der Waals surface area contributed by atoms with Crippen LogP contribution in [0.2, 0.25) is 0 Å². The highest BCUT2D eigenvalue weighted by Gasteiger charge is 2.34. The number of carbonyl (C=O) groups is 2.